The van der Waals surface area contributed by atoms with Gasteiger partial charge in [-0.3, -0.25) is 4.98 Å². The molecule has 0 aliphatic heterocycles. The third kappa shape index (κ3) is 4.57. The smallest absolute Gasteiger partial charge is 0.123 e. The Morgan fingerprint density at radius 2 is 1.95 bits per heavy atom. The summed E-state index contributed by atoms with van der Waals surface area (Å²) in [6.45, 7) is 3.19. The van der Waals surface area contributed by atoms with E-state index in [2.05, 4.69) is 35.4 Å². The number of nitrogens with one attached hydrogen (secondary N) is 1. The first-order chi connectivity index (χ1) is 10.3. The van der Waals surface area contributed by atoms with Crippen molar-refractivity contribution in [2.75, 3.05) is 13.7 Å². The van der Waals surface area contributed by atoms with Gasteiger partial charge >= 0.3 is 0 Å². The minimum Gasteiger partial charge on any atom is -0.496 e. The highest BCUT2D eigenvalue weighted by Gasteiger charge is 2.15. The number of para-hydroxylation sites is 1. The van der Waals surface area contributed by atoms with E-state index in [4.69, 9.17) is 4.74 Å². The summed E-state index contributed by atoms with van der Waals surface area (Å²) in [6.07, 6.45) is 4.94. The number of nitrogens with zero attached hydrogens (tertiary/aromatic N) is 1. The Bertz CT molecular complexity index is 528. The molecule has 0 saturated heterocycles. The van der Waals surface area contributed by atoms with E-state index in [9.17, 15) is 0 Å². The SMILES string of the molecule is CCCNC(CCc1ccccn1)c1ccccc1OC. The number of methoxy groups -OCH3 is 1. The lowest BCUT2D eigenvalue weighted by Gasteiger charge is -2.21. The van der Waals surface area contributed by atoms with Gasteiger partial charge in [-0.05, 0) is 44.0 Å². The van der Waals surface area contributed by atoms with Gasteiger partial charge in [-0.2, -0.15) is 0 Å². The van der Waals surface area contributed by atoms with Crippen LogP contribution in [0.1, 0.15) is 37.1 Å². The van der Waals surface area contributed by atoms with Crippen LogP contribution in [0.4, 0.5) is 0 Å². The number of benzene rings is 1. The van der Waals surface area contributed by atoms with Crippen molar-refractivity contribution in [3.63, 3.8) is 0 Å². The largest absolute Gasteiger partial charge is 0.496 e. The van der Waals surface area contributed by atoms with Crippen molar-refractivity contribution in [1.29, 1.82) is 0 Å². The van der Waals surface area contributed by atoms with Gasteiger partial charge < -0.3 is 10.1 Å². The maximum atomic E-state index is 5.50. The second-order valence-electron chi connectivity index (χ2n) is 5.11. The Labute approximate surface area is 127 Å². The molecule has 21 heavy (non-hydrogen) atoms. The predicted octanol–water partition coefficient (Wildman–Crippen LogP) is 3.76. The fourth-order valence-electron chi connectivity index (χ4n) is 2.48. The molecule has 2 rings (SSSR count). The quantitative estimate of drug-likeness (QED) is 0.801. The van der Waals surface area contributed by atoms with Crippen molar-refractivity contribution in [2.45, 2.75) is 32.2 Å². The Hall–Kier alpha value is -1.87. The second-order valence-corrected chi connectivity index (χ2v) is 5.11. The Kier molecular flexibility index (Phi) is 6.22. The molecule has 0 aliphatic carbocycles. The molecule has 1 aromatic heterocycles. The van der Waals surface area contributed by atoms with Crippen molar-refractivity contribution in [1.82, 2.24) is 10.3 Å². The molecule has 1 unspecified atom stereocenters. The molecular weight excluding hydrogens is 260 g/mol. The second kappa shape index (κ2) is 8.42. The molecule has 1 atom stereocenters. The van der Waals surface area contributed by atoms with Crippen LogP contribution in [0.15, 0.2) is 48.7 Å². The Balaban J connectivity index is 2.10. The molecule has 112 valence electrons. The summed E-state index contributed by atoms with van der Waals surface area (Å²) in [5.74, 6) is 0.951. The van der Waals surface area contributed by atoms with Crippen LogP contribution in [0.3, 0.4) is 0 Å². The molecular formula is C18H24N2O. The Morgan fingerprint density at radius 3 is 2.67 bits per heavy atom. The normalized spacial score (nSPS) is 12.1. The standard InChI is InChI=1S/C18H24N2O/c1-3-13-20-17(12-11-15-8-6-7-14-19-15)16-9-4-5-10-18(16)21-2/h4-10,14,17,20H,3,11-13H2,1-2H3. The van der Waals surface area contributed by atoms with Gasteiger partial charge in [-0.25, -0.2) is 0 Å². The molecule has 0 aliphatic rings. The van der Waals surface area contributed by atoms with Crippen molar-refractivity contribution < 1.29 is 4.74 Å². The molecule has 1 N–H and O–H groups in total. The summed E-state index contributed by atoms with van der Waals surface area (Å²) in [6, 6.07) is 14.6. The van der Waals surface area contributed by atoms with Crippen LogP contribution in [0.5, 0.6) is 5.75 Å². The van der Waals surface area contributed by atoms with E-state index in [0.717, 1.165) is 37.3 Å². The molecule has 0 bridgehead atoms. The minimum absolute atomic E-state index is 0.295. The molecule has 2 aromatic rings. The van der Waals surface area contributed by atoms with Crippen LogP contribution < -0.4 is 10.1 Å². The molecule has 0 amide bonds. The number of aromatic nitrogens is 1. The van der Waals surface area contributed by atoms with Crippen molar-refractivity contribution >= 4 is 0 Å². The molecule has 0 fully saturated rings. The van der Waals surface area contributed by atoms with E-state index in [1.807, 2.05) is 30.5 Å². The fraction of sp³-hybridized carbons (Fsp3) is 0.389. The van der Waals surface area contributed by atoms with E-state index in [1.165, 1.54) is 5.56 Å². The zero-order valence-corrected chi connectivity index (χ0v) is 12.9. The first-order valence-electron chi connectivity index (χ1n) is 7.61. The minimum atomic E-state index is 0.295. The van der Waals surface area contributed by atoms with Crippen LogP contribution in [0.25, 0.3) is 0 Å². The highest BCUT2D eigenvalue weighted by atomic mass is 16.5. The number of rotatable bonds is 8. The van der Waals surface area contributed by atoms with Gasteiger partial charge in [0.05, 0.1) is 7.11 Å². The highest BCUT2D eigenvalue weighted by Crippen LogP contribution is 2.27. The molecule has 0 spiro atoms. The van der Waals surface area contributed by atoms with Gasteiger partial charge in [0, 0.05) is 23.5 Å². The van der Waals surface area contributed by atoms with Crippen molar-refractivity contribution in [2.24, 2.45) is 0 Å². The number of hydrogen-bond acceptors (Lipinski definition) is 3. The van der Waals surface area contributed by atoms with Gasteiger partial charge in [-0.15, -0.1) is 0 Å². The predicted molar refractivity (Wildman–Crippen MR) is 86.6 cm³/mol. The van der Waals surface area contributed by atoms with Crippen LogP contribution in [-0.4, -0.2) is 18.6 Å². The van der Waals surface area contributed by atoms with E-state index in [0.29, 0.717) is 6.04 Å². The Morgan fingerprint density at radius 1 is 1.14 bits per heavy atom. The first-order valence-corrected chi connectivity index (χ1v) is 7.61. The monoisotopic (exact) mass is 284 g/mol. The van der Waals surface area contributed by atoms with Gasteiger partial charge in [0.2, 0.25) is 0 Å². The molecule has 3 nitrogen and oxygen atoms in total. The van der Waals surface area contributed by atoms with E-state index < -0.39 is 0 Å². The summed E-state index contributed by atoms with van der Waals surface area (Å²) >= 11 is 0. The zero-order chi connectivity index (χ0) is 14.9. The number of hydrogen-bond donors (Lipinski definition) is 1. The van der Waals surface area contributed by atoms with Gasteiger partial charge in [0.25, 0.3) is 0 Å². The average Bonchev–Trinajstić information content (AvgIpc) is 2.56. The molecule has 0 radical (unpaired) electrons. The van der Waals surface area contributed by atoms with Crippen molar-refractivity contribution in [3.8, 4) is 5.75 Å². The summed E-state index contributed by atoms with van der Waals surface area (Å²) < 4.78 is 5.50. The lowest BCUT2D eigenvalue weighted by Crippen LogP contribution is -2.23. The van der Waals surface area contributed by atoms with Crippen LogP contribution in [0.2, 0.25) is 0 Å². The summed E-state index contributed by atoms with van der Waals surface area (Å²) in [4.78, 5) is 4.41. The fourth-order valence-corrected chi connectivity index (χ4v) is 2.48. The first kappa shape index (κ1) is 15.5. The van der Waals surface area contributed by atoms with Gasteiger partial charge in [0.15, 0.2) is 0 Å². The van der Waals surface area contributed by atoms with Crippen LogP contribution in [0, 0.1) is 0 Å². The zero-order valence-electron chi connectivity index (χ0n) is 12.9. The topological polar surface area (TPSA) is 34.2 Å². The van der Waals surface area contributed by atoms with Gasteiger partial charge in [0.1, 0.15) is 5.75 Å². The van der Waals surface area contributed by atoms with E-state index >= 15 is 0 Å². The maximum Gasteiger partial charge on any atom is 0.123 e. The molecule has 3 heteroatoms. The van der Waals surface area contributed by atoms with E-state index in [1.54, 1.807) is 7.11 Å². The molecule has 1 aromatic carbocycles. The third-order valence-electron chi connectivity index (χ3n) is 3.57. The van der Waals surface area contributed by atoms with E-state index in [-0.39, 0.29) is 0 Å². The molecule has 0 saturated carbocycles. The summed E-state index contributed by atoms with van der Waals surface area (Å²) in [5.41, 5.74) is 2.36. The summed E-state index contributed by atoms with van der Waals surface area (Å²) in [7, 11) is 1.73. The molecule has 1 heterocycles. The third-order valence-corrected chi connectivity index (χ3v) is 3.57. The average molecular weight is 284 g/mol. The lowest BCUT2D eigenvalue weighted by molar-refractivity contribution is 0.394. The number of ether oxygens (including phenoxy) is 1. The highest BCUT2D eigenvalue weighted by molar-refractivity contribution is 5.36. The van der Waals surface area contributed by atoms with Gasteiger partial charge in [-0.1, -0.05) is 31.2 Å². The number of pyridine rings is 1. The summed E-state index contributed by atoms with van der Waals surface area (Å²) in [5, 5.41) is 3.62. The maximum absolute atomic E-state index is 5.50. The van der Waals surface area contributed by atoms with Crippen LogP contribution >= 0.6 is 0 Å². The van der Waals surface area contributed by atoms with Crippen molar-refractivity contribution in [3.05, 3.63) is 59.9 Å². The number of aryl methyl sites for hydroxylation is 1. The lowest BCUT2D eigenvalue weighted by atomic mass is 9.99. The van der Waals surface area contributed by atoms with Crippen LogP contribution in [-0.2, 0) is 6.42 Å².